The molecule has 22 heavy (non-hydrogen) atoms. The van der Waals surface area contributed by atoms with Crippen molar-refractivity contribution in [2.24, 2.45) is 0 Å². The van der Waals surface area contributed by atoms with Crippen LogP contribution in [0.3, 0.4) is 0 Å². The predicted octanol–water partition coefficient (Wildman–Crippen LogP) is 3.61. The van der Waals surface area contributed by atoms with Gasteiger partial charge < -0.3 is 4.74 Å². The number of Topliss-reactive ketones (excluding diaryl/α,β-unsaturated/α-hetero) is 1. The number of ketones is 1. The number of methoxy groups -OCH3 is 1. The maximum atomic E-state index is 12.2. The second-order valence-electron chi connectivity index (χ2n) is 4.64. The molecule has 0 unspecified atom stereocenters. The van der Waals surface area contributed by atoms with Gasteiger partial charge in [-0.15, -0.1) is 0 Å². The van der Waals surface area contributed by atoms with Crippen molar-refractivity contribution < 1.29 is 9.53 Å². The van der Waals surface area contributed by atoms with Crippen LogP contribution in [-0.2, 0) is 0 Å². The highest BCUT2D eigenvalue weighted by molar-refractivity contribution is 8.00. The number of fused-ring (bicyclic) bond motifs is 1. The van der Waals surface area contributed by atoms with E-state index in [0.717, 1.165) is 21.7 Å². The topological polar surface area (TPSA) is 52.1 Å². The lowest BCUT2D eigenvalue weighted by Gasteiger charge is -2.05. The molecule has 110 valence electrons. The van der Waals surface area contributed by atoms with E-state index in [4.69, 9.17) is 4.74 Å². The van der Waals surface area contributed by atoms with Gasteiger partial charge in [-0.3, -0.25) is 4.79 Å². The molecular formula is C17H14N2O2S. The van der Waals surface area contributed by atoms with Crippen LogP contribution in [-0.4, -0.2) is 28.6 Å². The first-order chi connectivity index (χ1) is 10.8. The zero-order chi connectivity index (χ0) is 15.4. The summed E-state index contributed by atoms with van der Waals surface area (Å²) in [6.07, 6.45) is 1.53. The highest BCUT2D eigenvalue weighted by Crippen LogP contribution is 2.25. The summed E-state index contributed by atoms with van der Waals surface area (Å²) >= 11 is 1.43. The van der Waals surface area contributed by atoms with E-state index in [9.17, 15) is 4.79 Å². The molecule has 4 nitrogen and oxygen atoms in total. The lowest BCUT2D eigenvalue weighted by Crippen LogP contribution is -2.02. The summed E-state index contributed by atoms with van der Waals surface area (Å²) in [5.74, 6) is 1.15. The van der Waals surface area contributed by atoms with E-state index in [1.165, 1.54) is 18.1 Å². The standard InChI is InChI=1S/C17H14N2O2S/c1-21-13-8-6-12(7-9-13)16(20)10-22-17-14-4-2-3-5-15(14)18-11-19-17/h2-9,11H,10H2,1H3. The third-order valence-electron chi connectivity index (χ3n) is 3.26. The number of ether oxygens (including phenoxy) is 1. The first-order valence-electron chi connectivity index (χ1n) is 6.78. The molecular weight excluding hydrogens is 296 g/mol. The molecule has 3 rings (SSSR count). The maximum absolute atomic E-state index is 12.2. The van der Waals surface area contributed by atoms with Gasteiger partial charge in [-0.1, -0.05) is 30.0 Å². The molecule has 0 aliphatic heterocycles. The predicted molar refractivity (Wildman–Crippen MR) is 87.6 cm³/mol. The normalized spacial score (nSPS) is 10.6. The van der Waals surface area contributed by atoms with Crippen molar-refractivity contribution in [2.75, 3.05) is 12.9 Å². The van der Waals surface area contributed by atoms with Gasteiger partial charge in [-0.25, -0.2) is 9.97 Å². The van der Waals surface area contributed by atoms with E-state index in [1.807, 2.05) is 24.3 Å². The first-order valence-corrected chi connectivity index (χ1v) is 7.76. The molecule has 2 aromatic carbocycles. The lowest BCUT2D eigenvalue weighted by molar-refractivity contribution is 0.102. The van der Waals surface area contributed by atoms with E-state index >= 15 is 0 Å². The SMILES string of the molecule is COc1ccc(C(=O)CSc2ncnc3ccccc23)cc1. The van der Waals surface area contributed by atoms with Crippen molar-refractivity contribution in [3.05, 3.63) is 60.4 Å². The molecule has 1 aromatic heterocycles. The quantitative estimate of drug-likeness (QED) is 0.409. The molecule has 0 aliphatic carbocycles. The van der Waals surface area contributed by atoms with Crippen molar-refractivity contribution in [1.29, 1.82) is 0 Å². The third kappa shape index (κ3) is 3.09. The van der Waals surface area contributed by atoms with Gasteiger partial charge in [0.1, 0.15) is 17.1 Å². The molecule has 0 atom stereocenters. The molecule has 5 heteroatoms. The van der Waals surface area contributed by atoms with Crippen LogP contribution < -0.4 is 4.74 Å². The van der Waals surface area contributed by atoms with Crippen molar-refractivity contribution in [1.82, 2.24) is 9.97 Å². The number of hydrogen-bond donors (Lipinski definition) is 0. The van der Waals surface area contributed by atoms with Crippen molar-refractivity contribution in [3.8, 4) is 5.75 Å². The number of thioether (sulfide) groups is 1. The molecule has 0 N–H and O–H groups in total. The van der Waals surface area contributed by atoms with Crippen LogP contribution in [0.1, 0.15) is 10.4 Å². The smallest absolute Gasteiger partial charge is 0.173 e. The fourth-order valence-corrected chi connectivity index (χ4v) is 2.97. The average Bonchev–Trinajstić information content (AvgIpc) is 2.59. The van der Waals surface area contributed by atoms with E-state index in [2.05, 4.69) is 9.97 Å². The molecule has 0 saturated carbocycles. The summed E-state index contributed by atoms with van der Waals surface area (Å²) in [6.45, 7) is 0. The van der Waals surface area contributed by atoms with Crippen molar-refractivity contribution in [3.63, 3.8) is 0 Å². The van der Waals surface area contributed by atoms with Gasteiger partial charge in [0.05, 0.1) is 18.4 Å². The van der Waals surface area contributed by atoms with Gasteiger partial charge in [0.15, 0.2) is 5.78 Å². The second-order valence-corrected chi connectivity index (χ2v) is 5.60. The Morgan fingerprint density at radius 2 is 1.86 bits per heavy atom. The molecule has 0 amide bonds. The second kappa shape index (κ2) is 6.58. The maximum Gasteiger partial charge on any atom is 0.173 e. The molecule has 0 bridgehead atoms. The van der Waals surface area contributed by atoms with E-state index in [1.54, 1.807) is 31.4 Å². The van der Waals surface area contributed by atoms with E-state index in [-0.39, 0.29) is 5.78 Å². The largest absolute Gasteiger partial charge is 0.497 e. The molecule has 0 radical (unpaired) electrons. The molecule has 0 fully saturated rings. The summed E-state index contributed by atoms with van der Waals surface area (Å²) in [5.41, 5.74) is 1.56. The zero-order valence-electron chi connectivity index (χ0n) is 12.0. The summed E-state index contributed by atoms with van der Waals surface area (Å²) < 4.78 is 5.09. The number of carbonyl (C=O) groups is 1. The Morgan fingerprint density at radius 1 is 1.09 bits per heavy atom. The van der Waals surface area contributed by atoms with Crippen LogP contribution in [0.5, 0.6) is 5.75 Å². The number of carbonyl (C=O) groups excluding carboxylic acids is 1. The highest BCUT2D eigenvalue weighted by Gasteiger charge is 2.09. The van der Waals surface area contributed by atoms with Crippen LogP contribution in [0.4, 0.5) is 0 Å². The van der Waals surface area contributed by atoms with Gasteiger partial charge in [-0.05, 0) is 30.3 Å². The molecule has 0 saturated heterocycles. The minimum atomic E-state index is 0.0651. The van der Waals surface area contributed by atoms with Gasteiger partial charge in [0, 0.05) is 10.9 Å². The molecule has 0 spiro atoms. The van der Waals surface area contributed by atoms with Crippen LogP contribution in [0.15, 0.2) is 59.9 Å². The lowest BCUT2D eigenvalue weighted by atomic mass is 10.1. The van der Waals surface area contributed by atoms with Crippen LogP contribution in [0.2, 0.25) is 0 Å². The molecule has 1 heterocycles. The first kappa shape index (κ1) is 14.5. The third-order valence-corrected chi connectivity index (χ3v) is 4.26. The number of rotatable bonds is 5. The minimum absolute atomic E-state index is 0.0651. The summed E-state index contributed by atoms with van der Waals surface area (Å²) in [6, 6.07) is 14.9. The number of hydrogen-bond acceptors (Lipinski definition) is 5. The van der Waals surface area contributed by atoms with E-state index < -0.39 is 0 Å². The van der Waals surface area contributed by atoms with Crippen molar-refractivity contribution >= 4 is 28.4 Å². The average molecular weight is 310 g/mol. The van der Waals surface area contributed by atoms with Gasteiger partial charge in [-0.2, -0.15) is 0 Å². The Balaban J connectivity index is 1.74. The van der Waals surface area contributed by atoms with Crippen LogP contribution >= 0.6 is 11.8 Å². The number of aromatic nitrogens is 2. The zero-order valence-corrected chi connectivity index (χ0v) is 12.8. The summed E-state index contributed by atoms with van der Waals surface area (Å²) in [5, 5.41) is 1.80. The fourth-order valence-electron chi connectivity index (χ4n) is 2.09. The summed E-state index contributed by atoms with van der Waals surface area (Å²) in [4.78, 5) is 20.8. The Hall–Kier alpha value is -2.40. The molecule has 3 aromatic rings. The number of para-hydroxylation sites is 1. The minimum Gasteiger partial charge on any atom is -0.497 e. The van der Waals surface area contributed by atoms with Gasteiger partial charge in [0.2, 0.25) is 0 Å². The monoisotopic (exact) mass is 310 g/mol. The van der Waals surface area contributed by atoms with E-state index in [0.29, 0.717) is 11.3 Å². The van der Waals surface area contributed by atoms with Crippen LogP contribution in [0, 0.1) is 0 Å². The Morgan fingerprint density at radius 3 is 2.64 bits per heavy atom. The highest BCUT2D eigenvalue weighted by atomic mass is 32.2. The number of nitrogens with zero attached hydrogens (tertiary/aromatic N) is 2. The Kier molecular flexibility index (Phi) is 4.34. The molecule has 0 aliphatic rings. The Bertz CT molecular complexity index is 798. The Labute approximate surface area is 132 Å². The number of benzene rings is 2. The fraction of sp³-hybridized carbons (Fsp3) is 0.118. The van der Waals surface area contributed by atoms with Crippen LogP contribution in [0.25, 0.3) is 10.9 Å². The van der Waals surface area contributed by atoms with Gasteiger partial charge in [0.25, 0.3) is 0 Å². The van der Waals surface area contributed by atoms with Gasteiger partial charge >= 0.3 is 0 Å². The summed E-state index contributed by atoms with van der Waals surface area (Å²) in [7, 11) is 1.60. The van der Waals surface area contributed by atoms with Crippen molar-refractivity contribution in [2.45, 2.75) is 5.03 Å².